The van der Waals surface area contributed by atoms with Crippen molar-refractivity contribution in [3.05, 3.63) is 46.2 Å². The molecule has 0 spiro atoms. The highest BCUT2D eigenvalue weighted by molar-refractivity contribution is 5.79. The first kappa shape index (κ1) is 24.9. The number of carbonyl (C=O) groups excluding carboxylic acids is 2. The maximum absolute atomic E-state index is 12.1. The Balaban J connectivity index is 2.25. The summed E-state index contributed by atoms with van der Waals surface area (Å²) in [5.41, 5.74) is 3.77. The van der Waals surface area contributed by atoms with Gasteiger partial charge in [0, 0.05) is 16.8 Å². The quantitative estimate of drug-likeness (QED) is 0.555. The van der Waals surface area contributed by atoms with Crippen LogP contribution in [-0.4, -0.2) is 19.1 Å². The molecule has 1 unspecified atom stereocenters. The van der Waals surface area contributed by atoms with E-state index in [0.717, 1.165) is 16.7 Å². The molecular formula is C29H18N2O3. The molecule has 1 aliphatic heterocycles. The van der Waals surface area contributed by atoms with Gasteiger partial charge in [0.15, 0.2) is 0 Å². The normalized spacial score (nSPS) is 12.4. The number of ether oxygens (including phenoxy) is 1. The van der Waals surface area contributed by atoms with Crippen LogP contribution in [-0.2, 0) is 9.53 Å². The SMILES string of the molecule is CC#CC#CC#CC#CC#CC#CC#Cc1cccc(C)c1C1NC(=O)NC(C)=C1COC=O. The molecule has 0 aromatic heterocycles. The van der Waals surface area contributed by atoms with Crippen molar-refractivity contribution in [1.82, 2.24) is 10.6 Å². The lowest BCUT2D eigenvalue weighted by Crippen LogP contribution is -2.44. The van der Waals surface area contributed by atoms with E-state index in [1.54, 1.807) is 13.8 Å². The predicted octanol–water partition coefficient (Wildman–Crippen LogP) is 2.19. The minimum atomic E-state index is -0.498. The summed E-state index contributed by atoms with van der Waals surface area (Å²) in [5.74, 6) is 36.6. The summed E-state index contributed by atoms with van der Waals surface area (Å²) in [5, 5.41) is 5.58. The van der Waals surface area contributed by atoms with E-state index in [2.05, 4.69) is 93.5 Å². The number of rotatable bonds is 4. The Kier molecular flexibility index (Phi) is 10.1. The zero-order valence-corrected chi connectivity index (χ0v) is 18.8. The highest BCUT2D eigenvalue weighted by Gasteiger charge is 2.29. The monoisotopic (exact) mass is 442 g/mol. The van der Waals surface area contributed by atoms with E-state index < -0.39 is 6.04 Å². The number of nitrogens with one attached hydrogen (secondary N) is 2. The lowest BCUT2D eigenvalue weighted by atomic mass is 9.89. The maximum atomic E-state index is 12.1. The van der Waals surface area contributed by atoms with E-state index in [1.165, 1.54) is 0 Å². The lowest BCUT2D eigenvalue weighted by Gasteiger charge is -2.30. The maximum Gasteiger partial charge on any atom is 0.319 e. The van der Waals surface area contributed by atoms with Gasteiger partial charge in [0.1, 0.15) is 6.61 Å². The fourth-order valence-corrected chi connectivity index (χ4v) is 2.93. The molecule has 0 bridgehead atoms. The molecule has 0 radical (unpaired) electrons. The Labute approximate surface area is 200 Å². The molecule has 162 valence electrons. The van der Waals surface area contributed by atoms with Crippen LogP contribution in [0.4, 0.5) is 4.79 Å². The van der Waals surface area contributed by atoms with E-state index in [1.807, 2.05) is 25.1 Å². The van der Waals surface area contributed by atoms with Crippen molar-refractivity contribution in [3.8, 4) is 82.9 Å². The summed E-state index contributed by atoms with van der Waals surface area (Å²) in [7, 11) is 0. The number of hydrogen-bond donors (Lipinski definition) is 2. The Morgan fingerprint density at radius 1 is 0.912 bits per heavy atom. The van der Waals surface area contributed by atoms with Gasteiger partial charge >= 0.3 is 6.03 Å². The lowest BCUT2D eigenvalue weighted by molar-refractivity contribution is -0.127. The van der Waals surface area contributed by atoms with Crippen LogP contribution in [0.3, 0.4) is 0 Å². The van der Waals surface area contributed by atoms with Crippen molar-refractivity contribution >= 4 is 12.5 Å². The van der Waals surface area contributed by atoms with Gasteiger partial charge in [-0.3, -0.25) is 4.79 Å². The number of amides is 2. The van der Waals surface area contributed by atoms with E-state index in [-0.39, 0.29) is 12.6 Å². The fourth-order valence-electron chi connectivity index (χ4n) is 2.93. The predicted molar refractivity (Wildman–Crippen MR) is 130 cm³/mol. The summed E-state index contributed by atoms with van der Waals surface area (Å²) in [6.45, 7) is 5.78. The van der Waals surface area contributed by atoms with Gasteiger partial charge in [-0.25, -0.2) is 4.79 Å². The molecular weight excluding hydrogens is 424 g/mol. The first-order chi connectivity index (χ1) is 16.6. The van der Waals surface area contributed by atoms with Crippen molar-refractivity contribution in [2.75, 3.05) is 6.61 Å². The summed E-state index contributed by atoms with van der Waals surface area (Å²) in [6.07, 6.45) is 0. The second kappa shape index (κ2) is 13.8. The molecule has 5 heteroatoms. The van der Waals surface area contributed by atoms with Crippen molar-refractivity contribution in [2.24, 2.45) is 0 Å². The zero-order valence-electron chi connectivity index (χ0n) is 18.8. The number of aryl methyl sites for hydroxylation is 1. The average Bonchev–Trinajstić information content (AvgIpc) is 2.81. The smallest absolute Gasteiger partial charge is 0.319 e. The summed E-state index contributed by atoms with van der Waals surface area (Å²) in [4.78, 5) is 22.8. The van der Waals surface area contributed by atoms with Gasteiger partial charge in [0.2, 0.25) is 0 Å². The third-order valence-corrected chi connectivity index (χ3v) is 4.34. The van der Waals surface area contributed by atoms with Crippen LogP contribution in [0.25, 0.3) is 0 Å². The third kappa shape index (κ3) is 7.71. The van der Waals surface area contributed by atoms with Crippen molar-refractivity contribution < 1.29 is 14.3 Å². The number of allylic oxidation sites excluding steroid dienone is 1. The second-order valence-corrected chi connectivity index (χ2v) is 6.50. The van der Waals surface area contributed by atoms with Crippen LogP contribution < -0.4 is 10.6 Å². The summed E-state index contributed by atoms with van der Waals surface area (Å²) < 4.78 is 4.96. The molecule has 2 amide bonds. The summed E-state index contributed by atoms with van der Waals surface area (Å²) >= 11 is 0. The van der Waals surface area contributed by atoms with Gasteiger partial charge in [0.25, 0.3) is 6.47 Å². The van der Waals surface area contributed by atoms with E-state index in [0.29, 0.717) is 17.7 Å². The van der Waals surface area contributed by atoms with Crippen LogP contribution in [0.2, 0.25) is 0 Å². The second-order valence-electron chi connectivity index (χ2n) is 6.50. The fraction of sp³-hybridized carbons (Fsp3) is 0.172. The Morgan fingerprint density at radius 3 is 2.09 bits per heavy atom. The van der Waals surface area contributed by atoms with Crippen LogP contribution in [0.1, 0.15) is 36.6 Å². The topological polar surface area (TPSA) is 67.4 Å². The molecule has 1 heterocycles. The van der Waals surface area contributed by atoms with Gasteiger partial charge in [-0.15, -0.1) is 0 Å². The Morgan fingerprint density at radius 2 is 1.50 bits per heavy atom. The first-order valence-electron chi connectivity index (χ1n) is 9.93. The van der Waals surface area contributed by atoms with Gasteiger partial charge in [-0.2, -0.15) is 0 Å². The van der Waals surface area contributed by atoms with Gasteiger partial charge in [0.05, 0.1) is 6.04 Å². The molecule has 1 aromatic rings. The molecule has 0 saturated carbocycles. The Bertz CT molecular complexity index is 1460. The number of urea groups is 1. The van der Waals surface area contributed by atoms with E-state index >= 15 is 0 Å². The van der Waals surface area contributed by atoms with Crippen LogP contribution in [0.5, 0.6) is 0 Å². The van der Waals surface area contributed by atoms with Gasteiger partial charge in [-0.05, 0) is 109 Å². The van der Waals surface area contributed by atoms with E-state index in [9.17, 15) is 9.59 Å². The molecule has 1 atom stereocenters. The largest absolute Gasteiger partial charge is 0.463 e. The van der Waals surface area contributed by atoms with Crippen LogP contribution >= 0.6 is 0 Å². The van der Waals surface area contributed by atoms with Gasteiger partial charge in [-0.1, -0.05) is 24.0 Å². The molecule has 2 rings (SSSR count). The molecule has 34 heavy (non-hydrogen) atoms. The van der Waals surface area contributed by atoms with Crippen LogP contribution in [0.15, 0.2) is 29.5 Å². The minimum absolute atomic E-state index is 0.0364. The van der Waals surface area contributed by atoms with Crippen molar-refractivity contribution in [1.29, 1.82) is 0 Å². The highest BCUT2D eigenvalue weighted by atomic mass is 16.5. The molecule has 5 nitrogen and oxygen atoms in total. The molecule has 1 aliphatic rings. The first-order valence-corrected chi connectivity index (χ1v) is 9.93. The Hall–Kier alpha value is -5.38. The molecule has 2 N–H and O–H groups in total. The molecule has 0 fully saturated rings. The highest BCUT2D eigenvalue weighted by Crippen LogP contribution is 2.31. The van der Waals surface area contributed by atoms with Crippen molar-refractivity contribution in [3.63, 3.8) is 0 Å². The number of hydrogen-bond acceptors (Lipinski definition) is 3. The van der Waals surface area contributed by atoms with Crippen LogP contribution in [0, 0.1) is 89.8 Å². The van der Waals surface area contributed by atoms with E-state index in [4.69, 9.17) is 4.74 Å². The molecule has 0 aliphatic carbocycles. The molecule has 1 aromatic carbocycles. The van der Waals surface area contributed by atoms with Gasteiger partial charge < -0.3 is 15.4 Å². The zero-order chi connectivity index (χ0) is 24.6. The standard InChI is InChI=1S/C29H18N2O3/c1-4-5-6-7-8-9-10-11-12-13-14-15-16-19-25-20-17-18-23(2)27(25)28-26(21-34-22-32)24(3)30-29(33)31-28/h17-18,20,22,28H,21H2,1-3H3,(H2,30,31,33). The average molecular weight is 442 g/mol. The number of carbonyl (C=O) groups is 2. The summed E-state index contributed by atoms with van der Waals surface area (Å²) in [6, 6.07) is 4.78. The minimum Gasteiger partial charge on any atom is -0.463 e. The molecule has 0 saturated heterocycles. The third-order valence-electron chi connectivity index (χ3n) is 4.34. The number of benzene rings is 1. The van der Waals surface area contributed by atoms with Crippen molar-refractivity contribution in [2.45, 2.75) is 26.8 Å².